The van der Waals surface area contributed by atoms with Crippen molar-refractivity contribution in [2.45, 2.75) is 6.92 Å². The number of aromatic nitrogens is 2. The number of nitrogens with two attached hydrogens (primary N) is 1. The molecule has 0 fully saturated rings. The van der Waals surface area contributed by atoms with Crippen LogP contribution in [0.4, 0.5) is 5.69 Å². The van der Waals surface area contributed by atoms with Crippen LogP contribution in [0.3, 0.4) is 0 Å². The predicted molar refractivity (Wildman–Crippen MR) is 81.3 cm³/mol. The lowest BCUT2D eigenvalue weighted by Gasteiger charge is -2.09. The average Bonchev–Trinajstić information content (AvgIpc) is 2.50. The first-order chi connectivity index (χ1) is 9.67. The van der Waals surface area contributed by atoms with Crippen LogP contribution < -0.4 is 5.73 Å². The molecule has 0 radical (unpaired) electrons. The van der Waals surface area contributed by atoms with Crippen LogP contribution in [-0.4, -0.2) is 21.9 Å². The number of nitrogen functional groups attached to an aromatic ring is 1. The average molecular weight is 265 g/mol. The molecule has 0 bridgehead atoms. The van der Waals surface area contributed by atoms with E-state index in [2.05, 4.69) is 9.97 Å². The summed E-state index contributed by atoms with van der Waals surface area (Å²) in [6.07, 6.45) is 6.17. The molecule has 2 heterocycles. The van der Waals surface area contributed by atoms with E-state index in [1.807, 2.05) is 13.0 Å². The van der Waals surface area contributed by atoms with Crippen LogP contribution >= 0.6 is 0 Å². The molecule has 0 aliphatic carbocycles. The largest absolute Gasteiger partial charge is 0.397 e. The Hall–Kier alpha value is -2.82. The molecule has 0 amide bonds. The Labute approximate surface area is 117 Å². The Morgan fingerprint density at radius 2 is 2.05 bits per heavy atom. The topological polar surface area (TPSA) is 99.5 Å². The van der Waals surface area contributed by atoms with E-state index in [0.717, 1.165) is 0 Å². The minimum atomic E-state index is 0.243. The lowest BCUT2D eigenvalue weighted by atomic mass is 10.0. The van der Waals surface area contributed by atoms with E-state index in [9.17, 15) is 0 Å². The normalized spacial score (nSPS) is 11.2. The molecular formula is C15H15N5. The van der Waals surface area contributed by atoms with E-state index >= 15 is 0 Å². The summed E-state index contributed by atoms with van der Waals surface area (Å²) in [5.41, 5.74) is 8.98. The van der Waals surface area contributed by atoms with Gasteiger partial charge in [0.1, 0.15) is 0 Å². The van der Waals surface area contributed by atoms with E-state index in [4.69, 9.17) is 16.6 Å². The van der Waals surface area contributed by atoms with Crippen molar-refractivity contribution in [1.29, 1.82) is 10.8 Å². The monoisotopic (exact) mass is 265 g/mol. The van der Waals surface area contributed by atoms with Crippen molar-refractivity contribution in [2.24, 2.45) is 0 Å². The zero-order valence-corrected chi connectivity index (χ0v) is 11.1. The van der Waals surface area contributed by atoms with Crippen LogP contribution in [0, 0.1) is 10.8 Å². The van der Waals surface area contributed by atoms with Gasteiger partial charge >= 0.3 is 0 Å². The van der Waals surface area contributed by atoms with Crippen molar-refractivity contribution in [1.82, 2.24) is 9.97 Å². The predicted octanol–water partition coefficient (Wildman–Crippen LogP) is 2.53. The third kappa shape index (κ3) is 2.61. The minimum Gasteiger partial charge on any atom is -0.397 e. The van der Waals surface area contributed by atoms with Crippen molar-refractivity contribution >= 4 is 23.2 Å². The van der Waals surface area contributed by atoms with Gasteiger partial charge in [-0.15, -0.1) is 0 Å². The SMILES string of the molecule is CC=C(C=N)c1cc(C(=N)c2ccccn2)c(N)cn1. The highest BCUT2D eigenvalue weighted by Gasteiger charge is 2.12. The van der Waals surface area contributed by atoms with Gasteiger partial charge in [-0.2, -0.15) is 0 Å². The summed E-state index contributed by atoms with van der Waals surface area (Å²) in [6, 6.07) is 7.09. The summed E-state index contributed by atoms with van der Waals surface area (Å²) < 4.78 is 0. The van der Waals surface area contributed by atoms with Crippen LogP contribution in [0.2, 0.25) is 0 Å². The van der Waals surface area contributed by atoms with Gasteiger partial charge < -0.3 is 11.1 Å². The molecule has 2 rings (SSSR count). The standard InChI is InChI=1S/C15H15N5/c1-2-10(8-16)14-7-11(12(17)9-20-14)15(18)13-5-3-4-6-19-13/h2-9,16,18H,17H2,1H3. The number of rotatable bonds is 4. The van der Waals surface area contributed by atoms with Gasteiger partial charge in [-0.05, 0) is 25.1 Å². The highest BCUT2D eigenvalue weighted by atomic mass is 14.7. The molecule has 2 aromatic heterocycles. The zero-order chi connectivity index (χ0) is 14.5. The second kappa shape index (κ2) is 5.88. The van der Waals surface area contributed by atoms with Gasteiger partial charge in [0, 0.05) is 23.5 Å². The van der Waals surface area contributed by atoms with Crippen molar-refractivity contribution in [3.8, 4) is 0 Å². The molecule has 4 N–H and O–H groups in total. The van der Waals surface area contributed by atoms with Gasteiger partial charge in [-0.1, -0.05) is 12.1 Å². The maximum Gasteiger partial charge on any atom is 0.0890 e. The Morgan fingerprint density at radius 3 is 2.65 bits per heavy atom. The summed E-state index contributed by atoms with van der Waals surface area (Å²) in [4.78, 5) is 8.35. The second-order valence-corrected chi connectivity index (χ2v) is 4.14. The molecule has 5 nitrogen and oxygen atoms in total. The second-order valence-electron chi connectivity index (χ2n) is 4.14. The molecule has 20 heavy (non-hydrogen) atoms. The third-order valence-corrected chi connectivity index (χ3v) is 2.89. The molecule has 0 atom stereocenters. The summed E-state index contributed by atoms with van der Waals surface area (Å²) in [5.74, 6) is 0. The van der Waals surface area contributed by atoms with Crippen LogP contribution in [0.25, 0.3) is 5.57 Å². The van der Waals surface area contributed by atoms with Gasteiger partial charge in [0.25, 0.3) is 0 Å². The van der Waals surface area contributed by atoms with Crippen LogP contribution in [0.5, 0.6) is 0 Å². The highest BCUT2D eigenvalue weighted by molar-refractivity contribution is 6.14. The third-order valence-electron chi connectivity index (χ3n) is 2.89. The molecule has 0 aliphatic heterocycles. The Morgan fingerprint density at radius 1 is 1.25 bits per heavy atom. The summed E-state index contributed by atoms with van der Waals surface area (Å²) in [5, 5.41) is 15.6. The zero-order valence-electron chi connectivity index (χ0n) is 11.1. The first kappa shape index (κ1) is 13.6. The molecule has 2 aromatic rings. The molecule has 0 spiro atoms. The first-order valence-electron chi connectivity index (χ1n) is 6.10. The van der Waals surface area contributed by atoms with Gasteiger partial charge in [0.15, 0.2) is 0 Å². The molecule has 0 aromatic carbocycles. The fourth-order valence-electron chi connectivity index (χ4n) is 1.79. The number of nitrogens with one attached hydrogen (secondary N) is 2. The van der Waals surface area contributed by atoms with Crippen molar-refractivity contribution in [3.63, 3.8) is 0 Å². The van der Waals surface area contributed by atoms with Gasteiger partial charge in [-0.25, -0.2) is 0 Å². The number of hydrogen-bond acceptors (Lipinski definition) is 5. The highest BCUT2D eigenvalue weighted by Crippen LogP contribution is 2.19. The molecule has 0 unspecified atom stereocenters. The molecule has 0 saturated heterocycles. The molecule has 5 heteroatoms. The summed E-state index contributed by atoms with van der Waals surface area (Å²) in [7, 11) is 0. The van der Waals surface area contributed by atoms with E-state index in [1.54, 1.807) is 30.5 Å². The quantitative estimate of drug-likeness (QED) is 0.740. The fourth-order valence-corrected chi connectivity index (χ4v) is 1.79. The number of allylic oxidation sites excluding steroid dienone is 2. The van der Waals surface area contributed by atoms with Crippen molar-refractivity contribution in [3.05, 3.63) is 59.7 Å². The summed E-state index contributed by atoms with van der Waals surface area (Å²) >= 11 is 0. The lowest BCUT2D eigenvalue weighted by molar-refractivity contribution is 1.25. The van der Waals surface area contributed by atoms with E-state index in [0.29, 0.717) is 28.2 Å². The van der Waals surface area contributed by atoms with Gasteiger partial charge in [0.05, 0.1) is 29.0 Å². The van der Waals surface area contributed by atoms with Gasteiger partial charge in [-0.3, -0.25) is 15.4 Å². The number of nitrogens with zero attached hydrogens (tertiary/aromatic N) is 2. The van der Waals surface area contributed by atoms with Gasteiger partial charge in [0.2, 0.25) is 0 Å². The lowest BCUT2D eigenvalue weighted by Crippen LogP contribution is -2.09. The van der Waals surface area contributed by atoms with Crippen molar-refractivity contribution < 1.29 is 0 Å². The van der Waals surface area contributed by atoms with Crippen molar-refractivity contribution in [2.75, 3.05) is 5.73 Å². The maximum atomic E-state index is 8.22. The van der Waals surface area contributed by atoms with Crippen LogP contribution in [0.1, 0.15) is 23.9 Å². The maximum absolute atomic E-state index is 8.22. The molecular weight excluding hydrogens is 250 g/mol. The van der Waals surface area contributed by atoms with E-state index < -0.39 is 0 Å². The number of pyridine rings is 2. The molecule has 0 aliphatic rings. The van der Waals surface area contributed by atoms with E-state index in [1.165, 1.54) is 12.4 Å². The fraction of sp³-hybridized carbons (Fsp3) is 0.0667. The smallest absolute Gasteiger partial charge is 0.0890 e. The number of hydrogen-bond donors (Lipinski definition) is 3. The van der Waals surface area contributed by atoms with Crippen LogP contribution in [-0.2, 0) is 0 Å². The summed E-state index contributed by atoms with van der Waals surface area (Å²) in [6.45, 7) is 1.84. The first-order valence-corrected chi connectivity index (χ1v) is 6.10. The number of anilines is 1. The Balaban J connectivity index is 2.49. The Kier molecular flexibility index (Phi) is 4.00. The molecule has 100 valence electrons. The van der Waals surface area contributed by atoms with E-state index in [-0.39, 0.29) is 5.71 Å². The Bertz CT molecular complexity index is 674. The molecule has 0 saturated carbocycles. The van der Waals surface area contributed by atoms with Crippen LogP contribution in [0.15, 0.2) is 42.7 Å². The minimum absolute atomic E-state index is 0.243.